The molecule has 10 heteroatoms. The van der Waals surface area contributed by atoms with Crippen LogP contribution in [0.2, 0.25) is 0 Å². The van der Waals surface area contributed by atoms with Gasteiger partial charge >= 0.3 is 174 Å². The molecule has 134 valence electrons. The number of nitrogens with zero attached hydrogens (tertiary/aromatic N) is 1. The van der Waals surface area contributed by atoms with Crippen molar-refractivity contribution in [2.24, 2.45) is 0 Å². The molecule has 26 heavy (non-hydrogen) atoms. The van der Waals surface area contributed by atoms with Crippen LogP contribution in [-0.4, -0.2) is 57.8 Å². The third kappa shape index (κ3) is 3.15. The Kier molecular flexibility index (Phi) is 5.27. The van der Waals surface area contributed by atoms with Crippen LogP contribution in [0.3, 0.4) is 0 Å². The summed E-state index contributed by atoms with van der Waals surface area (Å²) in [6.07, 6.45) is 0. The molecule has 0 atom stereocenters. The van der Waals surface area contributed by atoms with E-state index in [1.54, 1.807) is 18.2 Å². The predicted octanol–water partition coefficient (Wildman–Crippen LogP) is 2.35. The van der Waals surface area contributed by atoms with Crippen LogP contribution in [0, 0.1) is 0 Å². The minimum atomic E-state index is -1.51. The van der Waals surface area contributed by atoms with Gasteiger partial charge < -0.3 is 0 Å². The summed E-state index contributed by atoms with van der Waals surface area (Å²) in [4.78, 5) is 17.4. The average Bonchev–Trinajstić information content (AvgIpc) is 3.34. The molecule has 1 N–H and O–H groups in total. The molecule has 3 heterocycles. The van der Waals surface area contributed by atoms with Gasteiger partial charge in [-0.3, -0.25) is 0 Å². The molecule has 5 rings (SSSR count). The van der Waals surface area contributed by atoms with Crippen LogP contribution in [0.5, 0.6) is 5.75 Å². The fourth-order valence-electron chi connectivity index (χ4n) is 2.86. The second kappa shape index (κ2) is 7.53. The zero-order valence-electron chi connectivity index (χ0n) is 13.4. The van der Waals surface area contributed by atoms with Gasteiger partial charge in [0.15, 0.2) is 0 Å². The molecule has 0 unspecified atom stereocenters. The van der Waals surface area contributed by atoms with Gasteiger partial charge in [-0.15, -0.1) is 0 Å². The van der Waals surface area contributed by atoms with Gasteiger partial charge in [0.2, 0.25) is 0 Å². The van der Waals surface area contributed by atoms with Gasteiger partial charge in [0.05, 0.1) is 0 Å². The van der Waals surface area contributed by atoms with Crippen molar-refractivity contribution in [1.82, 2.24) is 4.98 Å². The Labute approximate surface area is 172 Å². The van der Waals surface area contributed by atoms with Crippen LogP contribution in [0.4, 0.5) is 0 Å². The summed E-state index contributed by atoms with van der Waals surface area (Å²) in [6, 6.07) is 6.96. The van der Waals surface area contributed by atoms with Gasteiger partial charge in [0, 0.05) is 0 Å². The van der Waals surface area contributed by atoms with Gasteiger partial charge in [0.1, 0.15) is 0 Å². The van der Waals surface area contributed by atoms with Crippen molar-refractivity contribution in [2.45, 2.75) is 0 Å². The van der Waals surface area contributed by atoms with Gasteiger partial charge in [-0.05, 0) is 0 Å². The van der Waals surface area contributed by atoms with Crippen molar-refractivity contribution >= 4 is 84.6 Å². The molecule has 2 saturated heterocycles. The summed E-state index contributed by atoms with van der Waals surface area (Å²) in [5, 5.41) is 10.5. The van der Waals surface area contributed by atoms with E-state index in [0.29, 0.717) is 17.1 Å². The van der Waals surface area contributed by atoms with Gasteiger partial charge in [-0.1, -0.05) is 0 Å². The second-order valence-electron chi connectivity index (χ2n) is 5.60. The number of phenolic OH excluding ortho intramolecular Hbond substituents is 1. The fourth-order valence-corrected chi connectivity index (χ4v) is 32.4. The van der Waals surface area contributed by atoms with Crippen molar-refractivity contribution < 1.29 is 9.52 Å². The summed E-state index contributed by atoms with van der Waals surface area (Å²) < 4.78 is 8.21. The number of hydrogen-bond acceptors (Lipinski definition) is 8. The first-order chi connectivity index (χ1) is 12.7. The maximum atomic E-state index is 12.6. The van der Waals surface area contributed by atoms with Crippen LogP contribution in [0.15, 0.2) is 33.5 Å². The first-order valence-electron chi connectivity index (χ1n) is 7.94. The molecule has 0 radical (unpaired) electrons. The Balaban J connectivity index is 1.80. The molecule has 1 aromatic rings. The van der Waals surface area contributed by atoms with E-state index >= 15 is 0 Å². The molecule has 4 aliphatic rings. The molecule has 4 nitrogen and oxygen atoms in total. The number of benzene rings is 2. The zero-order valence-corrected chi connectivity index (χ0v) is 20.4. The number of rotatable bonds is 2. The first kappa shape index (κ1) is 18.2. The molecule has 0 saturated carbocycles. The first-order valence-corrected chi connectivity index (χ1v) is 22.8. The van der Waals surface area contributed by atoms with E-state index < -0.39 is 24.7 Å². The molecule has 0 bridgehead atoms. The number of aromatic hydroxyl groups is 1. The molecular weight excluding hydrogens is 532 g/mol. The number of phenols is 1. The molecular formula is C16H13As2NO3S4. The topological polar surface area (TPSA) is 63.3 Å². The number of aromatic nitrogens is 1. The zero-order chi connectivity index (χ0) is 17.7. The van der Waals surface area contributed by atoms with Crippen LogP contribution in [0.25, 0.3) is 22.6 Å². The SMILES string of the molecule is O=c1ccc2nc3ccc(O)c([As]4SCCS4)c3oc-2c1[As]1SCCS1. The van der Waals surface area contributed by atoms with Crippen molar-refractivity contribution in [2.75, 3.05) is 23.0 Å². The van der Waals surface area contributed by atoms with E-state index in [-0.39, 0.29) is 5.43 Å². The standard InChI is InChI=1S/C16H13As2NO3S4/c20-11-3-1-9-15(13(11)17-23-5-6-24-17)22-16-10(19-9)2-4-12(21)14(16)18-25-7-8-26-18/h1-4,20H,5-8H2. The van der Waals surface area contributed by atoms with Crippen molar-refractivity contribution in [1.29, 1.82) is 0 Å². The number of fused-ring (bicyclic) bond motifs is 2. The van der Waals surface area contributed by atoms with E-state index in [0.717, 1.165) is 42.9 Å². The van der Waals surface area contributed by atoms with Crippen LogP contribution >= 0.6 is 40.1 Å². The Morgan fingerprint density at radius 2 is 1.58 bits per heavy atom. The molecule has 3 aliphatic heterocycles. The van der Waals surface area contributed by atoms with E-state index in [1.165, 1.54) is 0 Å². The van der Waals surface area contributed by atoms with Crippen LogP contribution in [-0.2, 0) is 0 Å². The summed E-state index contributed by atoms with van der Waals surface area (Å²) in [5.41, 5.74) is 2.29. The molecule has 0 spiro atoms. The molecule has 2 fully saturated rings. The number of hydrogen-bond donors (Lipinski definition) is 1. The Bertz CT molecular complexity index is 1020. The monoisotopic (exact) mass is 545 g/mol. The van der Waals surface area contributed by atoms with E-state index in [9.17, 15) is 9.90 Å². The predicted molar refractivity (Wildman–Crippen MR) is 119 cm³/mol. The third-order valence-corrected chi connectivity index (χ3v) is 31.2. The Morgan fingerprint density at radius 1 is 0.923 bits per heavy atom. The molecule has 1 aliphatic carbocycles. The molecule has 0 amide bonds. The maximum absolute atomic E-state index is 12.6. The van der Waals surface area contributed by atoms with Crippen molar-refractivity contribution in [3.8, 4) is 17.2 Å². The van der Waals surface area contributed by atoms with Gasteiger partial charge in [0.25, 0.3) is 0 Å². The van der Waals surface area contributed by atoms with E-state index in [4.69, 9.17) is 9.40 Å². The molecule has 0 aromatic heterocycles. The van der Waals surface area contributed by atoms with Crippen LogP contribution in [0.1, 0.15) is 0 Å². The third-order valence-electron chi connectivity index (χ3n) is 3.97. The minimum absolute atomic E-state index is 0.0773. The summed E-state index contributed by atoms with van der Waals surface area (Å²) in [6.45, 7) is 0. The van der Waals surface area contributed by atoms with Gasteiger partial charge in [-0.2, -0.15) is 0 Å². The quantitative estimate of drug-likeness (QED) is 0.389. The van der Waals surface area contributed by atoms with Gasteiger partial charge in [-0.25, -0.2) is 0 Å². The summed E-state index contributed by atoms with van der Waals surface area (Å²) in [7, 11) is 7.80. The summed E-state index contributed by atoms with van der Waals surface area (Å²) in [5.74, 6) is 5.43. The fraction of sp³-hybridized carbons (Fsp3) is 0.250. The average molecular weight is 545 g/mol. The normalized spacial score (nSPS) is 19.1. The van der Waals surface area contributed by atoms with Crippen molar-refractivity contribution in [3.63, 3.8) is 0 Å². The van der Waals surface area contributed by atoms with E-state index in [1.807, 2.05) is 46.2 Å². The Morgan fingerprint density at radius 3 is 2.27 bits per heavy atom. The van der Waals surface area contributed by atoms with E-state index in [2.05, 4.69) is 0 Å². The molecule has 1 aromatic carbocycles. The summed E-state index contributed by atoms with van der Waals surface area (Å²) >= 11 is -2.98. The Hall–Kier alpha value is 0.157. The van der Waals surface area contributed by atoms with Crippen molar-refractivity contribution in [3.05, 3.63) is 34.5 Å². The second-order valence-corrected chi connectivity index (χ2v) is 28.8. The van der Waals surface area contributed by atoms with Crippen LogP contribution < -0.4 is 14.1 Å².